The molecular formula is C41H52O10. The monoisotopic (exact) mass is 704 g/mol. The Balaban J connectivity index is 1.42. The zero-order chi connectivity index (χ0) is 37.5. The maximum Gasteiger partial charge on any atom is 0.338 e. The Kier molecular flexibility index (Phi) is 9.09. The van der Waals surface area contributed by atoms with Gasteiger partial charge in [-0.1, -0.05) is 58.4 Å². The van der Waals surface area contributed by atoms with Crippen molar-refractivity contribution in [2.24, 2.45) is 45.3 Å². The summed E-state index contributed by atoms with van der Waals surface area (Å²) >= 11 is 0. The lowest BCUT2D eigenvalue weighted by atomic mass is 9.36. The Morgan fingerprint density at radius 3 is 2.04 bits per heavy atom. The summed E-state index contributed by atoms with van der Waals surface area (Å²) in [5.41, 5.74) is -2.83. The van der Waals surface area contributed by atoms with Crippen LogP contribution in [0.25, 0.3) is 0 Å². The largest absolute Gasteiger partial charge is 0.462 e. The average molecular weight is 705 g/mol. The SMILES string of the molecule is CC(=O)OC1CC2C(C)(C)C(OC(=O)c3ccccc3)CC(OC(C)=O)C2(C)C2CCC3(C)C(=CC(=O)C3C3COC(C)(C)C(=O)C(=O)C3)C12C. The Labute approximate surface area is 300 Å². The Bertz CT molecular complexity index is 1690. The molecule has 1 aromatic rings. The van der Waals surface area contributed by atoms with Gasteiger partial charge in [-0.3, -0.25) is 24.0 Å². The summed E-state index contributed by atoms with van der Waals surface area (Å²) in [7, 11) is 0. The van der Waals surface area contributed by atoms with Crippen molar-refractivity contribution < 1.29 is 47.7 Å². The molecule has 0 amide bonds. The minimum atomic E-state index is -1.27. The first-order valence-corrected chi connectivity index (χ1v) is 18.3. The molecule has 0 N–H and O–H groups in total. The van der Waals surface area contributed by atoms with E-state index < -0.39 is 86.9 Å². The van der Waals surface area contributed by atoms with E-state index in [-0.39, 0.29) is 37.1 Å². The van der Waals surface area contributed by atoms with E-state index in [0.717, 1.165) is 5.57 Å². The highest BCUT2D eigenvalue weighted by Gasteiger charge is 2.73. The Morgan fingerprint density at radius 2 is 1.41 bits per heavy atom. The fourth-order valence-corrected chi connectivity index (χ4v) is 11.5. The van der Waals surface area contributed by atoms with Crippen LogP contribution in [0.4, 0.5) is 0 Å². The molecule has 1 heterocycles. The maximum absolute atomic E-state index is 14.2. The van der Waals surface area contributed by atoms with E-state index in [0.29, 0.717) is 24.8 Å². The van der Waals surface area contributed by atoms with Gasteiger partial charge in [0.05, 0.1) is 12.2 Å². The molecular weight excluding hydrogens is 652 g/mol. The van der Waals surface area contributed by atoms with Crippen LogP contribution in [0.15, 0.2) is 42.0 Å². The minimum Gasteiger partial charge on any atom is -0.462 e. The normalized spacial score (nSPS) is 39.7. The number of esters is 3. The van der Waals surface area contributed by atoms with Gasteiger partial charge in [-0.25, -0.2) is 4.79 Å². The molecule has 0 aromatic heterocycles. The molecule has 276 valence electrons. The second-order valence-corrected chi connectivity index (χ2v) is 17.4. The summed E-state index contributed by atoms with van der Waals surface area (Å²) in [6, 6.07) is 8.78. The summed E-state index contributed by atoms with van der Waals surface area (Å²) < 4.78 is 24.7. The van der Waals surface area contributed by atoms with Crippen LogP contribution in [-0.4, -0.2) is 65.8 Å². The van der Waals surface area contributed by atoms with E-state index in [1.165, 1.54) is 13.8 Å². The van der Waals surface area contributed by atoms with E-state index >= 15 is 0 Å². The van der Waals surface area contributed by atoms with E-state index in [1.807, 2.05) is 6.07 Å². The van der Waals surface area contributed by atoms with Crippen molar-refractivity contribution in [1.29, 1.82) is 0 Å². The van der Waals surface area contributed by atoms with Gasteiger partial charge in [0.15, 0.2) is 5.78 Å². The van der Waals surface area contributed by atoms with Gasteiger partial charge in [0.25, 0.3) is 0 Å². The van der Waals surface area contributed by atoms with Crippen molar-refractivity contribution in [1.82, 2.24) is 0 Å². The lowest BCUT2D eigenvalue weighted by Crippen LogP contribution is -2.70. The van der Waals surface area contributed by atoms with Gasteiger partial charge in [0.2, 0.25) is 11.6 Å². The molecule has 0 spiro atoms. The summed E-state index contributed by atoms with van der Waals surface area (Å²) in [6.07, 6.45) is 1.61. The first-order chi connectivity index (χ1) is 23.7. The van der Waals surface area contributed by atoms with Crippen LogP contribution >= 0.6 is 0 Å². The molecule has 4 aliphatic carbocycles. The zero-order valence-corrected chi connectivity index (χ0v) is 31.3. The highest BCUT2D eigenvalue weighted by molar-refractivity contribution is 6.40. The summed E-state index contributed by atoms with van der Waals surface area (Å²) in [5, 5.41) is 0. The van der Waals surface area contributed by atoms with E-state index in [2.05, 4.69) is 34.6 Å². The third-order valence-electron chi connectivity index (χ3n) is 13.9. The number of hydrogen-bond acceptors (Lipinski definition) is 10. The third-order valence-corrected chi connectivity index (χ3v) is 13.9. The number of carbonyl (C=O) groups excluding carboxylic acids is 6. The van der Waals surface area contributed by atoms with Gasteiger partial charge < -0.3 is 18.9 Å². The third kappa shape index (κ3) is 5.71. The average Bonchev–Trinajstić information content (AvgIpc) is 3.27. The molecule has 1 aliphatic heterocycles. The smallest absolute Gasteiger partial charge is 0.338 e. The van der Waals surface area contributed by atoms with Gasteiger partial charge >= 0.3 is 17.9 Å². The summed E-state index contributed by atoms with van der Waals surface area (Å²) in [5.74, 6) is -4.13. The first-order valence-electron chi connectivity index (χ1n) is 18.3. The van der Waals surface area contributed by atoms with Crippen LogP contribution in [0.2, 0.25) is 0 Å². The number of hydrogen-bond donors (Lipinski definition) is 0. The molecule has 0 radical (unpaired) electrons. The number of Topliss-reactive ketones (excluding diaryl/α,β-unsaturated/α-hetero) is 2. The first kappa shape index (κ1) is 37.1. The van der Waals surface area contributed by atoms with Crippen molar-refractivity contribution >= 4 is 35.3 Å². The Morgan fingerprint density at radius 1 is 0.784 bits per heavy atom. The highest BCUT2D eigenvalue weighted by atomic mass is 16.6. The molecule has 51 heavy (non-hydrogen) atoms. The predicted molar refractivity (Wildman–Crippen MR) is 185 cm³/mol. The van der Waals surface area contributed by atoms with Crippen LogP contribution in [0, 0.1) is 45.3 Å². The molecule has 10 nitrogen and oxygen atoms in total. The van der Waals surface area contributed by atoms with Crippen LogP contribution in [0.1, 0.15) is 105 Å². The molecule has 4 fully saturated rings. The number of ketones is 3. The number of fused-ring (bicyclic) bond motifs is 5. The molecule has 1 saturated heterocycles. The predicted octanol–water partition coefficient (Wildman–Crippen LogP) is 6.03. The lowest BCUT2D eigenvalue weighted by Gasteiger charge is -2.69. The van der Waals surface area contributed by atoms with Crippen LogP contribution in [0.3, 0.4) is 0 Å². The highest BCUT2D eigenvalue weighted by Crippen LogP contribution is 2.74. The van der Waals surface area contributed by atoms with Gasteiger partial charge in [-0.15, -0.1) is 0 Å². The van der Waals surface area contributed by atoms with Crippen molar-refractivity contribution in [3.05, 3.63) is 47.5 Å². The number of ether oxygens (including phenoxy) is 4. The van der Waals surface area contributed by atoms with Crippen molar-refractivity contribution in [3.63, 3.8) is 0 Å². The fourth-order valence-electron chi connectivity index (χ4n) is 11.5. The van der Waals surface area contributed by atoms with Crippen molar-refractivity contribution in [2.45, 2.75) is 118 Å². The number of rotatable bonds is 5. The molecule has 0 bridgehead atoms. The van der Waals surface area contributed by atoms with Gasteiger partial charge in [-0.2, -0.15) is 0 Å². The van der Waals surface area contributed by atoms with E-state index in [9.17, 15) is 28.8 Å². The zero-order valence-electron chi connectivity index (χ0n) is 31.3. The standard InChI is InChI=1S/C41H52O10/c1-22(42)49-32-19-29-37(3,4)31(51-36(47)24-13-11-10-12-14-24)20-33(50-23(2)43)40(29,8)28-15-16-39(7)30(41(28,32)9)18-26(44)34(39)25-17-27(45)35(46)38(5,6)48-21-25/h10-14,18,25,28-29,31-34H,15-17,19-21H2,1-9H3. The minimum absolute atomic E-state index is 0.0749. The summed E-state index contributed by atoms with van der Waals surface area (Å²) in [4.78, 5) is 79.3. The molecule has 10 atom stereocenters. The second-order valence-electron chi connectivity index (χ2n) is 17.4. The molecule has 3 saturated carbocycles. The molecule has 10 heteroatoms. The van der Waals surface area contributed by atoms with Gasteiger partial charge in [-0.05, 0) is 68.6 Å². The second kappa shape index (κ2) is 12.5. The number of allylic oxidation sites excluding steroid dienone is 1. The summed E-state index contributed by atoms with van der Waals surface area (Å²) in [6.45, 7) is 16.5. The van der Waals surface area contributed by atoms with Crippen LogP contribution in [0.5, 0.6) is 0 Å². The molecule has 1 aromatic carbocycles. The molecule has 5 aliphatic rings. The number of carbonyl (C=O) groups is 6. The van der Waals surface area contributed by atoms with Crippen LogP contribution in [-0.2, 0) is 42.9 Å². The number of benzene rings is 1. The quantitative estimate of drug-likeness (QED) is 0.203. The van der Waals surface area contributed by atoms with Gasteiger partial charge in [0, 0.05) is 54.8 Å². The Hall–Kier alpha value is -3.66. The fraction of sp³-hybridized carbons (Fsp3) is 0.659. The van der Waals surface area contributed by atoms with Gasteiger partial charge in [0.1, 0.15) is 23.9 Å². The maximum atomic E-state index is 14.2. The molecule has 6 rings (SSSR count). The van der Waals surface area contributed by atoms with Crippen LogP contribution < -0.4 is 0 Å². The van der Waals surface area contributed by atoms with E-state index in [4.69, 9.17) is 18.9 Å². The topological polar surface area (TPSA) is 139 Å². The van der Waals surface area contributed by atoms with Crippen molar-refractivity contribution in [2.75, 3.05) is 6.61 Å². The lowest BCUT2D eigenvalue weighted by molar-refractivity contribution is -0.259. The molecule has 10 unspecified atom stereocenters. The van der Waals surface area contributed by atoms with Crippen molar-refractivity contribution in [3.8, 4) is 0 Å². The van der Waals surface area contributed by atoms with E-state index in [1.54, 1.807) is 44.2 Å².